The summed E-state index contributed by atoms with van der Waals surface area (Å²) in [6.07, 6.45) is 2.01. The lowest BCUT2D eigenvalue weighted by Crippen LogP contribution is -1.98. The first kappa shape index (κ1) is 15.0. The Morgan fingerprint density at radius 2 is 1.79 bits per heavy atom. The van der Waals surface area contributed by atoms with Crippen molar-refractivity contribution in [3.63, 3.8) is 0 Å². The molecule has 4 aromatic rings. The topological polar surface area (TPSA) is 42.5 Å². The van der Waals surface area contributed by atoms with Crippen LogP contribution in [-0.4, -0.2) is 9.38 Å². The SMILES string of the molecule is Cc1ccccc1Nc1c(-c2ccc(Br)o2)nc2c(C)cccn12. The molecule has 1 aromatic carbocycles. The van der Waals surface area contributed by atoms with Gasteiger partial charge in [-0.25, -0.2) is 4.98 Å². The van der Waals surface area contributed by atoms with Crippen LogP contribution in [0.15, 0.2) is 63.8 Å². The lowest BCUT2D eigenvalue weighted by atomic mass is 10.2. The fourth-order valence-corrected chi connectivity index (χ4v) is 3.08. The number of furan rings is 1. The molecule has 0 amide bonds. The van der Waals surface area contributed by atoms with Crippen LogP contribution in [0, 0.1) is 13.8 Å². The first-order chi connectivity index (χ1) is 11.6. The second kappa shape index (κ2) is 5.83. The van der Waals surface area contributed by atoms with Crippen LogP contribution < -0.4 is 5.32 Å². The Labute approximate surface area is 148 Å². The van der Waals surface area contributed by atoms with E-state index in [9.17, 15) is 0 Å². The van der Waals surface area contributed by atoms with E-state index in [4.69, 9.17) is 9.40 Å². The summed E-state index contributed by atoms with van der Waals surface area (Å²) in [7, 11) is 0. The van der Waals surface area contributed by atoms with Crippen LogP contribution in [0.4, 0.5) is 11.5 Å². The number of aromatic nitrogens is 2. The zero-order chi connectivity index (χ0) is 16.7. The maximum atomic E-state index is 5.75. The normalized spacial score (nSPS) is 11.1. The number of hydrogen-bond donors (Lipinski definition) is 1. The van der Waals surface area contributed by atoms with Crippen molar-refractivity contribution < 1.29 is 4.42 Å². The number of pyridine rings is 1. The van der Waals surface area contributed by atoms with E-state index in [-0.39, 0.29) is 0 Å². The molecule has 0 aliphatic heterocycles. The molecule has 3 aromatic heterocycles. The first-order valence-corrected chi connectivity index (χ1v) is 8.49. The van der Waals surface area contributed by atoms with Crippen molar-refractivity contribution in [1.82, 2.24) is 9.38 Å². The van der Waals surface area contributed by atoms with Crippen molar-refractivity contribution >= 4 is 33.1 Å². The summed E-state index contributed by atoms with van der Waals surface area (Å²) in [5.41, 5.74) is 5.04. The van der Waals surface area contributed by atoms with Gasteiger partial charge in [0.2, 0.25) is 0 Å². The third kappa shape index (κ3) is 2.51. The minimum atomic E-state index is 0.688. The molecule has 0 saturated heterocycles. The molecule has 0 radical (unpaired) electrons. The number of imidazole rings is 1. The molecule has 0 aliphatic carbocycles. The van der Waals surface area contributed by atoms with Crippen molar-refractivity contribution in [2.75, 3.05) is 5.32 Å². The van der Waals surface area contributed by atoms with Crippen LogP contribution in [0.3, 0.4) is 0 Å². The standard InChI is InChI=1S/C19H16BrN3O/c1-12-6-3-4-8-14(12)21-19-17(15-9-10-16(20)24-15)22-18-13(2)7-5-11-23(18)19/h3-11,21H,1-2H3. The number of nitrogens with one attached hydrogen (secondary N) is 1. The number of aryl methyl sites for hydroxylation is 2. The zero-order valence-corrected chi connectivity index (χ0v) is 15.0. The number of fused-ring (bicyclic) bond motifs is 1. The third-order valence-corrected chi connectivity index (χ3v) is 4.48. The highest BCUT2D eigenvalue weighted by molar-refractivity contribution is 9.10. The van der Waals surface area contributed by atoms with Crippen molar-refractivity contribution in [3.8, 4) is 11.5 Å². The number of para-hydroxylation sites is 1. The van der Waals surface area contributed by atoms with Crippen molar-refractivity contribution in [2.24, 2.45) is 0 Å². The first-order valence-electron chi connectivity index (χ1n) is 7.69. The number of nitrogens with zero attached hydrogens (tertiary/aromatic N) is 2. The van der Waals surface area contributed by atoms with Gasteiger partial charge in [0.1, 0.15) is 17.2 Å². The van der Waals surface area contributed by atoms with Gasteiger partial charge in [-0.3, -0.25) is 4.40 Å². The van der Waals surface area contributed by atoms with Crippen LogP contribution in [0.25, 0.3) is 17.1 Å². The molecule has 4 rings (SSSR count). The summed E-state index contributed by atoms with van der Waals surface area (Å²) in [4.78, 5) is 4.81. The van der Waals surface area contributed by atoms with Gasteiger partial charge in [-0.2, -0.15) is 0 Å². The molecule has 4 nitrogen and oxygen atoms in total. The average Bonchev–Trinajstić information content (AvgIpc) is 3.15. The fourth-order valence-electron chi connectivity index (χ4n) is 2.78. The molecule has 3 heterocycles. The molecular formula is C19H16BrN3O. The molecule has 0 spiro atoms. The van der Waals surface area contributed by atoms with E-state index in [1.807, 2.05) is 36.5 Å². The van der Waals surface area contributed by atoms with Gasteiger partial charge >= 0.3 is 0 Å². The van der Waals surface area contributed by atoms with Gasteiger partial charge in [-0.1, -0.05) is 24.3 Å². The lowest BCUT2D eigenvalue weighted by molar-refractivity contribution is 0.554. The van der Waals surface area contributed by atoms with Gasteiger partial charge in [0, 0.05) is 11.9 Å². The second-order valence-electron chi connectivity index (χ2n) is 5.74. The molecule has 120 valence electrons. The van der Waals surface area contributed by atoms with Gasteiger partial charge < -0.3 is 9.73 Å². The number of anilines is 2. The highest BCUT2D eigenvalue weighted by Crippen LogP contribution is 2.34. The molecule has 0 saturated carbocycles. The van der Waals surface area contributed by atoms with Crippen LogP contribution in [0.2, 0.25) is 0 Å². The molecule has 24 heavy (non-hydrogen) atoms. The molecule has 0 aliphatic rings. The molecule has 5 heteroatoms. The van der Waals surface area contributed by atoms with Gasteiger partial charge in [0.25, 0.3) is 0 Å². The number of hydrogen-bond acceptors (Lipinski definition) is 3. The minimum absolute atomic E-state index is 0.688. The van der Waals surface area contributed by atoms with Crippen LogP contribution >= 0.6 is 15.9 Å². The smallest absolute Gasteiger partial charge is 0.169 e. The molecule has 0 bridgehead atoms. The Morgan fingerprint density at radius 1 is 1.00 bits per heavy atom. The van der Waals surface area contributed by atoms with Crippen LogP contribution in [0.5, 0.6) is 0 Å². The van der Waals surface area contributed by atoms with E-state index in [0.717, 1.165) is 34.2 Å². The van der Waals surface area contributed by atoms with E-state index < -0.39 is 0 Å². The monoisotopic (exact) mass is 381 g/mol. The summed E-state index contributed by atoms with van der Waals surface area (Å²) in [6, 6.07) is 16.1. The summed E-state index contributed by atoms with van der Waals surface area (Å²) in [6.45, 7) is 4.14. The number of rotatable bonds is 3. The highest BCUT2D eigenvalue weighted by Gasteiger charge is 2.18. The van der Waals surface area contributed by atoms with Crippen molar-refractivity contribution in [2.45, 2.75) is 13.8 Å². The van der Waals surface area contributed by atoms with Crippen molar-refractivity contribution in [1.29, 1.82) is 0 Å². The summed E-state index contributed by atoms with van der Waals surface area (Å²) >= 11 is 3.37. The molecule has 0 fully saturated rings. The fraction of sp³-hybridized carbons (Fsp3) is 0.105. The maximum absolute atomic E-state index is 5.75. The highest BCUT2D eigenvalue weighted by atomic mass is 79.9. The predicted octanol–water partition coefficient (Wildman–Crippen LogP) is 5.72. The molecule has 1 N–H and O–H groups in total. The van der Waals surface area contributed by atoms with Crippen LogP contribution in [0.1, 0.15) is 11.1 Å². The third-order valence-electron chi connectivity index (χ3n) is 4.05. The Kier molecular flexibility index (Phi) is 3.65. The quantitative estimate of drug-likeness (QED) is 0.493. The summed E-state index contributed by atoms with van der Waals surface area (Å²) in [5, 5.41) is 3.52. The Morgan fingerprint density at radius 3 is 2.54 bits per heavy atom. The van der Waals surface area contributed by atoms with Crippen molar-refractivity contribution in [3.05, 3.63) is 70.5 Å². The van der Waals surface area contributed by atoms with Gasteiger partial charge in [-0.05, 0) is 65.2 Å². The van der Waals surface area contributed by atoms with Gasteiger partial charge in [-0.15, -0.1) is 0 Å². The Balaban J connectivity index is 1.95. The van der Waals surface area contributed by atoms with E-state index in [1.165, 1.54) is 5.56 Å². The Bertz CT molecular complexity index is 1030. The number of halogens is 1. The van der Waals surface area contributed by atoms with E-state index in [2.05, 4.69) is 57.7 Å². The molecule has 0 unspecified atom stereocenters. The van der Waals surface area contributed by atoms with E-state index >= 15 is 0 Å². The predicted molar refractivity (Wildman–Crippen MR) is 99.8 cm³/mol. The summed E-state index contributed by atoms with van der Waals surface area (Å²) in [5.74, 6) is 1.62. The van der Waals surface area contributed by atoms with E-state index in [0.29, 0.717) is 4.67 Å². The molecule has 0 atom stereocenters. The average molecular weight is 382 g/mol. The zero-order valence-electron chi connectivity index (χ0n) is 13.4. The van der Waals surface area contributed by atoms with Gasteiger partial charge in [0.05, 0.1) is 0 Å². The van der Waals surface area contributed by atoms with Crippen LogP contribution in [-0.2, 0) is 0 Å². The largest absolute Gasteiger partial charge is 0.448 e. The maximum Gasteiger partial charge on any atom is 0.169 e. The second-order valence-corrected chi connectivity index (χ2v) is 6.52. The Hall–Kier alpha value is -2.53. The summed E-state index contributed by atoms with van der Waals surface area (Å²) < 4.78 is 8.50. The number of benzene rings is 1. The molecular weight excluding hydrogens is 366 g/mol. The van der Waals surface area contributed by atoms with Gasteiger partial charge in [0.15, 0.2) is 10.4 Å². The lowest BCUT2D eigenvalue weighted by Gasteiger charge is -2.10. The minimum Gasteiger partial charge on any atom is -0.448 e. The van der Waals surface area contributed by atoms with E-state index in [1.54, 1.807) is 0 Å².